The van der Waals surface area contributed by atoms with Crippen molar-refractivity contribution in [2.45, 2.75) is 6.42 Å². The van der Waals surface area contributed by atoms with Crippen molar-refractivity contribution < 1.29 is 14.0 Å². The number of amides is 2. The van der Waals surface area contributed by atoms with E-state index in [1.165, 1.54) is 28.8 Å². The molecule has 3 aromatic rings. The number of carbonyl (C=O) groups is 2. The SMILES string of the molecule is O=C(CN1C(=O)/C(=C/c2ccccc2)SC1=S)NCCc1c[nH]c2ccc(F)cc12. The minimum absolute atomic E-state index is 0.126. The van der Waals surface area contributed by atoms with E-state index in [1.807, 2.05) is 36.5 Å². The van der Waals surface area contributed by atoms with Crippen molar-refractivity contribution in [3.8, 4) is 0 Å². The lowest BCUT2D eigenvalue weighted by molar-refractivity contribution is -0.128. The lowest BCUT2D eigenvalue weighted by atomic mass is 10.1. The van der Waals surface area contributed by atoms with Crippen molar-refractivity contribution in [2.75, 3.05) is 13.1 Å². The normalized spacial score (nSPS) is 15.4. The first-order valence-electron chi connectivity index (χ1n) is 9.34. The maximum Gasteiger partial charge on any atom is 0.266 e. The fourth-order valence-electron chi connectivity index (χ4n) is 3.23. The summed E-state index contributed by atoms with van der Waals surface area (Å²) in [5.74, 6) is -0.861. The molecule has 30 heavy (non-hydrogen) atoms. The zero-order valence-corrected chi connectivity index (χ0v) is 17.5. The number of rotatable bonds is 6. The first kappa shape index (κ1) is 20.3. The Morgan fingerprint density at radius 1 is 1.23 bits per heavy atom. The van der Waals surface area contributed by atoms with Crippen LogP contribution in [-0.2, 0) is 16.0 Å². The largest absolute Gasteiger partial charge is 0.361 e. The third-order valence-corrected chi connectivity index (χ3v) is 6.10. The summed E-state index contributed by atoms with van der Waals surface area (Å²) >= 11 is 6.47. The van der Waals surface area contributed by atoms with E-state index < -0.39 is 0 Å². The van der Waals surface area contributed by atoms with Gasteiger partial charge in [0.25, 0.3) is 5.91 Å². The molecule has 1 aliphatic heterocycles. The van der Waals surface area contributed by atoms with Gasteiger partial charge in [-0.05, 0) is 41.8 Å². The molecule has 4 rings (SSSR count). The Morgan fingerprint density at radius 3 is 2.83 bits per heavy atom. The number of thioether (sulfide) groups is 1. The molecule has 8 heteroatoms. The van der Waals surface area contributed by atoms with Gasteiger partial charge in [0.05, 0.1) is 4.91 Å². The van der Waals surface area contributed by atoms with Gasteiger partial charge in [-0.15, -0.1) is 0 Å². The summed E-state index contributed by atoms with van der Waals surface area (Å²) in [6.45, 7) is 0.246. The Labute approximate surface area is 182 Å². The molecular weight excluding hydrogens is 421 g/mol. The van der Waals surface area contributed by atoms with Gasteiger partial charge in [0, 0.05) is 23.6 Å². The quantitative estimate of drug-likeness (QED) is 0.452. The molecule has 0 atom stereocenters. The van der Waals surface area contributed by atoms with Gasteiger partial charge in [0.2, 0.25) is 5.91 Å². The molecule has 0 radical (unpaired) electrons. The number of halogens is 1. The summed E-state index contributed by atoms with van der Waals surface area (Å²) in [5, 5.41) is 3.60. The molecule has 1 aliphatic rings. The number of fused-ring (bicyclic) bond motifs is 1. The summed E-state index contributed by atoms with van der Waals surface area (Å²) in [5.41, 5.74) is 2.67. The molecule has 0 spiro atoms. The number of carbonyl (C=O) groups excluding carboxylic acids is 2. The minimum Gasteiger partial charge on any atom is -0.361 e. The Balaban J connectivity index is 1.33. The number of nitrogens with zero attached hydrogens (tertiary/aromatic N) is 1. The molecule has 1 saturated heterocycles. The third kappa shape index (κ3) is 4.44. The Kier molecular flexibility index (Phi) is 5.96. The highest BCUT2D eigenvalue weighted by Gasteiger charge is 2.33. The average Bonchev–Trinajstić information content (AvgIpc) is 3.24. The smallest absolute Gasteiger partial charge is 0.266 e. The first-order chi connectivity index (χ1) is 14.5. The molecule has 5 nitrogen and oxygen atoms in total. The van der Waals surface area contributed by atoms with Gasteiger partial charge in [-0.2, -0.15) is 0 Å². The maximum atomic E-state index is 13.5. The van der Waals surface area contributed by atoms with Crippen molar-refractivity contribution in [2.24, 2.45) is 0 Å². The van der Waals surface area contributed by atoms with Crippen molar-refractivity contribution in [1.29, 1.82) is 0 Å². The molecule has 0 aliphatic carbocycles. The lowest BCUT2D eigenvalue weighted by Gasteiger charge is -2.14. The number of hydrogen-bond donors (Lipinski definition) is 2. The van der Waals surface area contributed by atoms with E-state index in [4.69, 9.17) is 12.2 Å². The van der Waals surface area contributed by atoms with Crippen LogP contribution in [0.1, 0.15) is 11.1 Å². The number of nitrogens with one attached hydrogen (secondary N) is 2. The highest BCUT2D eigenvalue weighted by molar-refractivity contribution is 8.26. The van der Waals surface area contributed by atoms with Gasteiger partial charge in [-0.25, -0.2) is 4.39 Å². The van der Waals surface area contributed by atoms with Crippen molar-refractivity contribution in [3.63, 3.8) is 0 Å². The standard InChI is InChI=1S/C22H18FN3O2S2/c23-16-6-7-18-17(11-16)15(12-25-18)8-9-24-20(27)13-26-21(28)19(30-22(26)29)10-14-4-2-1-3-5-14/h1-7,10-12,25H,8-9,13H2,(H,24,27)/b19-10-. The van der Waals surface area contributed by atoms with Crippen LogP contribution in [0.2, 0.25) is 0 Å². The van der Waals surface area contributed by atoms with Crippen LogP contribution >= 0.6 is 24.0 Å². The second-order valence-corrected chi connectivity index (χ2v) is 8.46. The Morgan fingerprint density at radius 2 is 2.03 bits per heavy atom. The van der Waals surface area contributed by atoms with Gasteiger partial charge >= 0.3 is 0 Å². The van der Waals surface area contributed by atoms with Gasteiger partial charge < -0.3 is 10.3 Å². The van der Waals surface area contributed by atoms with Gasteiger partial charge in [0.1, 0.15) is 16.7 Å². The minimum atomic E-state index is -0.301. The molecule has 2 aromatic carbocycles. The fraction of sp³-hybridized carbons (Fsp3) is 0.136. The van der Waals surface area contributed by atoms with Crippen LogP contribution in [-0.4, -0.2) is 39.1 Å². The van der Waals surface area contributed by atoms with Crippen LogP contribution in [0.4, 0.5) is 4.39 Å². The predicted molar refractivity (Wildman–Crippen MR) is 121 cm³/mol. The summed E-state index contributed by atoms with van der Waals surface area (Å²) in [4.78, 5) is 29.9. The second-order valence-electron chi connectivity index (χ2n) is 6.78. The van der Waals surface area contributed by atoms with Crippen LogP contribution in [0.15, 0.2) is 59.6 Å². The summed E-state index contributed by atoms with van der Waals surface area (Å²) < 4.78 is 13.8. The van der Waals surface area contributed by atoms with Crippen LogP contribution in [0.5, 0.6) is 0 Å². The van der Waals surface area contributed by atoms with E-state index in [0.29, 0.717) is 22.2 Å². The van der Waals surface area contributed by atoms with Crippen LogP contribution in [0.3, 0.4) is 0 Å². The van der Waals surface area contributed by atoms with Gasteiger partial charge in [-0.1, -0.05) is 54.3 Å². The molecule has 2 N–H and O–H groups in total. The number of aromatic amines is 1. The first-order valence-corrected chi connectivity index (χ1v) is 10.6. The van der Waals surface area contributed by atoms with E-state index in [0.717, 1.165) is 22.0 Å². The number of H-pyrrole nitrogens is 1. The van der Waals surface area contributed by atoms with E-state index in [1.54, 1.807) is 12.1 Å². The summed E-state index contributed by atoms with van der Waals surface area (Å²) in [6.07, 6.45) is 4.13. The van der Waals surface area contributed by atoms with Crippen molar-refractivity contribution >= 4 is 57.1 Å². The number of benzene rings is 2. The molecule has 152 valence electrons. The number of aromatic nitrogens is 1. The average molecular weight is 440 g/mol. The highest BCUT2D eigenvalue weighted by atomic mass is 32.2. The molecular formula is C22H18FN3O2S2. The zero-order chi connectivity index (χ0) is 21.1. The third-order valence-electron chi connectivity index (χ3n) is 4.72. The van der Waals surface area contributed by atoms with E-state index in [-0.39, 0.29) is 24.2 Å². The second kappa shape index (κ2) is 8.81. The van der Waals surface area contributed by atoms with E-state index in [2.05, 4.69) is 10.3 Å². The van der Waals surface area contributed by atoms with Gasteiger partial charge in [-0.3, -0.25) is 14.5 Å². The molecule has 1 aromatic heterocycles. The van der Waals surface area contributed by atoms with Crippen molar-refractivity contribution in [3.05, 3.63) is 76.6 Å². The molecule has 2 amide bonds. The molecule has 0 bridgehead atoms. The Bertz CT molecular complexity index is 1160. The van der Waals surface area contributed by atoms with Crippen LogP contribution in [0, 0.1) is 5.82 Å². The summed E-state index contributed by atoms with van der Waals surface area (Å²) in [6, 6.07) is 14.0. The summed E-state index contributed by atoms with van der Waals surface area (Å²) in [7, 11) is 0. The maximum absolute atomic E-state index is 13.5. The Hall–Kier alpha value is -2.97. The molecule has 2 heterocycles. The van der Waals surface area contributed by atoms with Crippen LogP contribution < -0.4 is 5.32 Å². The molecule has 0 saturated carbocycles. The molecule has 0 unspecified atom stereocenters. The monoisotopic (exact) mass is 439 g/mol. The number of thiocarbonyl (C=S) groups is 1. The van der Waals surface area contributed by atoms with E-state index >= 15 is 0 Å². The molecule has 1 fully saturated rings. The fourth-order valence-corrected chi connectivity index (χ4v) is 4.49. The number of hydrogen-bond acceptors (Lipinski definition) is 4. The topological polar surface area (TPSA) is 65.2 Å². The zero-order valence-electron chi connectivity index (χ0n) is 15.9. The van der Waals surface area contributed by atoms with Crippen molar-refractivity contribution in [1.82, 2.24) is 15.2 Å². The van der Waals surface area contributed by atoms with Gasteiger partial charge in [0.15, 0.2) is 0 Å². The highest BCUT2D eigenvalue weighted by Crippen LogP contribution is 2.32. The predicted octanol–water partition coefficient (Wildman–Crippen LogP) is 3.87. The van der Waals surface area contributed by atoms with Crippen LogP contribution in [0.25, 0.3) is 17.0 Å². The lowest BCUT2D eigenvalue weighted by Crippen LogP contribution is -2.40. The van der Waals surface area contributed by atoms with E-state index in [9.17, 15) is 14.0 Å².